The predicted molar refractivity (Wildman–Crippen MR) is 51.3 cm³/mol. The van der Waals surface area contributed by atoms with Crippen molar-refractivity contribution in [1.29, 1.82) is 0 Å². The molecular formula is C8H6ClN3O2. The monoisotopic (exact) mass is 211 g/mol. The summed E-state index contributed by atoms with van der Waals surface area (Å²) in [7, 11) is 0. The smallest absolute Gasteiger partial charge is 0.404 e. The Morgan fingerprint density at radius 3 is 3.07 bits per heavy atom. The topological polar surface area (TPSA) is 75.1 Å². The van der Waals surface area contributed by atoms with Crippen molar-refractivity contribution in [3.05, 3.63) is 40.3 Å². The SMILES string of the molecule is [N-]=[N+]=Nc1cccc(COC(=O)Cl)c1. The van der Waals surface area contributed by atoms with Crippen molar-refractivity contribution in [2.45, 2.75) is 6.61 Å². The molecule has 72 valence electrons. The highest BCUT2D eigenvalue weighted by Gasteiger charge is 1.98. The number of nitrogens with zero attached hydrogens (tertiary/aromatic N) is 3. The molecule has 6 heteroatoms. The molecule has 0 radical (unpaired) electrons. The van der Waals surface area contributed by atoms with E-state index >= 15 is 0 Å². The maximum atomic E-state index is 10.3. The predicted octanol–water partition coefficient (Wildman–Crippen LogP) is 3.50. The number of azide groups is 1. The molecule has 0 spiro atoms. The first kappa shape index (κ1) is 10.4. The number of ether oxygens (including phenoxy) is 1. The molecule has 0 saturated heterocycles. The Balaban J connectivity index is 2.73. The molecule has 1 aromatic rings. The molecule has 0 unspecified atom stereocenters. The molecule has 0 fully saturated rings. The van der Waals surface area contributed by atoms with Gasteiger partial charge < -0.3 is 4.74 Å². The quantitative estimate of drug-likeness (QED) is 0.332. The molecule has 0 aliphatic heterocycles. The Morgan fingerprint density at radius 1 is 1.64 bits per heavy atom. The molecule has 14 heavy (non-hydrogen) atoms. The third kappa shape index (κ3) is 3.35. The van der Waals surface area contributed by atoms with Crippen molar-refractivity contribution in [3.8, 4) is 0 Å². The second-order valence-electron chi connectivity index (χ2n) is 2.39. The number of hydrogen-bond donors (Lipinski definition) is 0. The highest BCUT2D eigenvalue weighted by Crippen LogP contribution is 2.15. The molecule has 0 aliphatic carbocycles. The van der Waals surface area contributed by atoms with Crippen LogP contribution in [0.4, 0.5) is 10.5 Å². The van der Waals surface area contributed by atoms with Crippen LogP contribution in [0.15, 0.2) is 29.4 Å². The molecular weight excluding hydrogens is 206 g/mol. The van der Waals surface area contributed by atoms with E-state index in [-0.39, 0.29) is 6.61 Å². The molecule has 1 aromatic carbocycles. The Bertz CT molecular complexity index is 388. The fraction of sp³-hybridized carbons (Fsp3) is 0.125. The fourth-order valence-corrected chi connectivity index (χ4v) is 0.955. The average Bonchev–Trinajstić information content (AvgIpc) is 2.16. The summed E-state index contributed by atoms with van der Waals surface area (Å²) >= 11 is 4.99. The number of halogens is 1. The summed E-state index contributed by atoms with van der Waals surface area (Å²) in [5, 5.41) is 3.40. The van der Waals surface area contributed by atoms with Gasteiger partial charge in [-0.2, -0.15) is 0 Å². The van der Waals surface area contributed by atoms with E-state index in [9.17, 15) is 4.79 Å². The van der Waals surface area contributed by atoms with Gasteiger partial charge in [0.15, 0.2) is 0 Å². The summed E-state index contributed by atoms with van der Waals surface area (Å²) in [5.74, 6) is 0. The zero-order valence-electron chi connectivity index (χ0n) is 7.05. The van der Waals surface area contributed by atoms with Crippen molar-refractivity contribution in [1.82, 2.24) is 0 Å². The maximum Gasteiger partial charge on any atom is 0.404 e. The third-order valence-electron chi connectivity index (χ3n) is 1.42. The van der Waals surface area contributed by atoms with Gasteiger partial charge in [-0.1, -0.05) is 23.3 Å². The van der Waals surface area contributed by atoms with Crippen LogP contribution in [0.2, 0.25) is 0 Å². The summed E-state index contributed by atoms with van der Waals surface area (Å²) in [6, 6.07) is 6.68. The van der Waals surface area contributed by atoms with Gasteiger partial charge in [0, 0.05) is 22.2 Å². The summed E-state index contributed by atoms with van der Waals surface area (Å²) < 4.78 is 4.55. The number of carbonyl (C=O) groups excluding carboxylic acids is 1. The number of carbonyl (C=O) groups is 1. The zero-order valence-corrected chi connectivity index (χ0v) is 7.81. The summed E-state index contributed by atoms with van der Waals surface area (Å²) in [6.45, 7) is 0.0666. The molecule has 0 saturated carbocycles. The van der Waals surface area contributed by atoms with E-state index in [1.807, 2.05) is 0 Å². The summed E-state index contributed by atoms with van der Waals surface area (Å²) in [4.78, 5) is 12.9. The van der Waals surface area contributed by atoms with Gasteiger partial charge in [-0.3, -0.25) is 0 Å². The van der Waals surface area contributed by atoms with Crippen LogP contribution in [0.25, 0.3) is 10.4 Å². The lowest BCUT2D eigenvalue weighted by Crippen LogP contribution is -1.93. The van der Waals surface area contributed by atoms with Gasteiger partial charge in [0.05, 0.1) is 0 Å². The molecule has 1 rings (SSSR count). The number of benzene rings is 1. The standard InChI is InChI=1S/C8H6ClN3O2/c9-8(13)14-5-6-2-1-3-7(4-6)11-12-10/h1-4H,5H2. The minimum absolute atomic E-state index is 0.0666. The highest BCUT2D eigenvalue weighted by molar-refractivity contribution is 6.61. The van der Waals surface area contributed by atoms with Crippen LogP contribution in [-0.4, -0.2) is 5.43 Å². The summed E-state index contributed by atoms with van der Waals surface area (Å²) in [6.07, 6.45) is 0. The largest absolute Gasteiger partial charge is 0.449 e. The molecule has 5 nitrogen and oxygen atoms in total. The Kier molecular flexibility index (Phi) is 3.79. The third-order valence-corrected chi connectivity index (χ3v) is 1.53. The van der Waals surface area contributed by atoms with E-state index < -0.39 is 5.43 Å². The van der Waals surface area contributed by atoms with Crippen molar-refractivity contribution in [2.24, 2.45) is 5.11 Å². The Morgan fingerprint density at radius 2 is 2.43 bits per heavy atom. The van der Waals surface area contributed by atoms with Gasteiger partial charge in [-0.25, -0.2) is 4.79 Å². The van der Waals surface area contributed by atoms with Crippen LogP contribution in [0, 0.1) is 0 Å². The average molecular weight is 212 g/mol. The van der Waals surface area contributed by atoms with Gasteiger partial charge in [-0.15, -0.1) is 0 Å². The van der Waals surface area contributed by atoms with Crippen molar-refractivity contribution in [3.63, 3.8) is 0 Å². The Labute approximate surface area is 84.9 Å². The second kappa shape index (κ2) is 5.11. The van der Waals surface area contributed by atoms with E-state index in [0.717, 1.165) is 0 Å². The first-order valence-electron chi connectivity index (χ1n) is 3.68. The van der Waals surface area contributed by atoms with Crippen molar-refractivity contribution < 1.29 is 9.53 Å². The van der Waals surface area contributed by atoms with Crippen LogP contribution in [0.1, 0.15) is 5.56 Å². The molecule has 0 amide bonds. The van der Waals surface area contributed by atoms with Crippen LogP contribution < -0.4 is 0 Å². The van der Waals surface area contributed by atoms with Crippen LogP contribution in [-0.2, 0) is 11.3 Å². The first-order chi connectivity index (χ1) is 6.72. The lowest BCUT2D eigenvalue weighted by atomic mass is 10.2. The molecule has 0 aliphatic rings. The van der Waals surface area contributed by atoms with E-state index in [4.69, 9.17) is 17.1 Å². The van der Waals surface area contributed by atoms with E-state index in [1.165, 1.54) is 0 Å². The second-order valence-corrected chi connectivity index (χ2v) is 2.69. The minimum Gasteiger partial charge on any atom is -0.449 e. The van der Waals surface area contributed by atoms with Gasteiger partial charge in [0.2, 0.25) is 0 Å². The van der Waals surface area contributed by atoms with E-state index in [0.29, 0.717) is 11.3 Å². The lowest BCUT2D eigenvalue weighted by molar-refractivity contribution is 0.167. The van der Waals surface area contributed by atoms with Crippen molar-refractivity contribution in [2.75, 3.05) is 0 Å². The first-order valence-corrected chi connectivity index (χ1v) is 4.06. The van der Waals surface area contributed by atoms with Gasteiger partial charge in [-0.05, 0) is 17.2 Å². The van der Waals surface area contributed by atoms with Gasteiger partial charge >= 0.3 is 5.43 Å². The van der Waals surface area contributed by atoms with E-state index in [2.05, 4.69) is 14.8 Å². The van der Waals surface area contributed by atoms with E-state index in [1.54, 1.807) is 24.3 Å². The lowest BCUT2D eigenvalue weighted by Gasteiger charge is -2.00. The summed E-state index contributed by atoms with van der Waals surface area (Å²) in [5.41, 5.74) is 8.50. The Hall–Kier alpha value is -1.71. The zero-order chi connectivity index (χ0) is 10.4. The minimum atomic E-state index is -0.862. The van der Waals surface area contributed by atoms with Gasteiger partial charge in [0.25, 0.3) is 0 Å². The molecule has 0 atom stereocenters. The van der Waals surface area contributed by atoms with Crippen molar-refractivity contribution >= 4 is 22.7 Å². The fourth-order valence-electron chi connectivity index (χ4n) is 0.900. The molecule has 0 bridgehead atoms. The number of hydrogen-bond acceptors (Lipinski definition) is 3. The van der Waals surface area contributed by atoms with Crippen LogP contribution in [0.3, 0.4) is 0 Å². The van der Waals surface area contributed by atoms with Crippen LogP contribution >= 0.6 is 11.6 Å². The van der Waals surface area contributed by atoms with Gasteiger partial charge in [0.1, 0.15) is 6.61 Å². The molecule has 0 N–H and O–H groups in total. The molecule has 0 heterocycles. The maximum absolute atomic E-state index is 10.3. The number of rotatable bonds is 3. The molecule has 0 aromatic heterocycles. The highest BCUT2D eigenvalue weighted by atomic mass is 35.5. The normalized spacial score (nSPS) is 8.93. The van der Waals surface area contributed by atoms with Crippen LogP contribution in [0.5, 0.6) is 0 Å².